The van der Waals surface area contributed by atoms with E-state index in [2.05, 4.69) is 23.8 Å². The fraction of sp³-hybridized carbons (Fsp3) is 0.714. The van der Waals surface area contributed by atoms with Crippen molar-refractivity contribution in [3.05, 3.63) is 16.3 Å². The largest absolute Gasteiger partial charge is 0.492 e. The van der Waals surface area contributed by atoms with Crippen molar-refractivity contribution in [2.24, 2.45) is 11.7 Å². The first-order valence-corrected chi connectivity index (χ1v) is 7.87. The van der Waals surface area contributed by atoms with E-state index in [-0.39, 0.29) is 0 Å². The molecular formula is C14H25N3OS. The number of piperazine rings is 1. The van der Waals surface area contributed by atoms with E-state index in [0.29, 0.717) is 12.5 Å². The molecule has 1 aliphatic heterocycles. The van der Waals surface area contributed by atoms with E-state index >= 15 is 0 Å². The number of ether oxygens (including phenoxy) is 1. The molecular weight excluding hydrogens is 258 g/mol. The van der Waals surface area contributed by atoms with Gasteiger partial charge in [-0.2, -0.15) is 0 Å². The molecule has 0 spiro atoms. The van der Waals surface area contributed by atoms with Gasteiger partial charge in [0.2, 0.25) is 0 Å². The van der Waals surface area contributed by atoms with Crippen LogP contribution in [0.1, 0.15) is 11.8 Å². The molecule has 108 valence electrons. The molecule has 1 unspecified atom stereocenters. The summed E-state index contributed by atoms with van der Waals surface area (Å²) in [5.41, 5.74) is 5.68. The summed E-state index contributed by atoms with van der Waals surface area (Å²) in [7, 11) is 2.19. The summed E-state index contributed by atoms with van der Waals surface area (Å²) < 4.78 is 5.89. The Labute approximate surface area is 120 Å². The lowest BCUT2D eigenvalue weighted by Crippen LogP contribution is -2.46. The number of hydrogen-bond donors (Lipinski definition) is 1. The van der Waals surface area contributed by atoms with Crippen LogP contribution in [0.25, 0.3) is 0 Å². The van der Waals surface area contributed by atoms with Gasteiger partial charge >= 0.3 is 0 Å². The Morgan fingerprint density at radius 2 is 2.11 bits per heavy atom. The van der Waals surface area contributed by atoms with Crippen molar-refractivity contribution in [2.75, 3.05) is 46.4 Å². The maximum absolute atomic E-state index is 5.89. The van der Waals surface area contributed by atoms with Gasteiger partial charge in [0.05, 0.1) is 11.5 Å². The average Bonchev–Trinajstić information content (AvgIpc) is 2.86. The second-order valence-corrected chi connectivity index (χ2v) is 6.43. The molecule has 1 aromatic heterocycles. The Balaban J connectivity index is 1.71. The molecule has 0 aliphatic carbocycles. The summed E-state index contributed by atoms with van der Waals surface area (Å²) >= 11 is 1.67. The van der Waals surface area contributed by atoms with Gasteiger partial charge in [-0.3, -0.25) is 0 Å². The lowest BCUT2D eigenvalue weighted by molar-refractivity contribution is 0.123. The molecule has 19 heavy (non-hydrogen) atoms. The number of likely N-dealkylation sites (N-methyl/N-ethyl adjacent to an activating group) is 1. The molecule has 5 heteroatoms. The lowest BCUT2D eigenvalue weighted by atomic mass is 10.1. The van der Waals surface area contributed by atoms with Crippen molar-refractivity contribution < 1.29 is 4.74 Å². The standard InChI is InChI=1S/C14H25N3OS/c1-12(10-17-6-4-16(2)5-7-17)11-18-13-3-8-19-14(13)9-15/h3,8,12H,4-7,9-11,15H2,1-2H3. The Hall–Kier alpha value is -0.620. The Bertz CT molecular complexity index is 375. The van der Waals surface area contributed by atoms with Crippen LogP contribution < -0.4 is 10.5 Å². The zero-order chi connectivity index (χ0) is 13.7. The zero-order valence-electron chi connectivity index (χ0n) is 12.0. The van der Waals surface area contributed by atoms with E-state index in [1.807, 2.05) is 11.4 Å². The van der Waals surface area contributed by atoms with Gasteiger partial charge < -0.3 is 20.3 Å². The van der Waals surface area contributed by atoms with Crippen molar-refractivity contribution in [3.63, 3.8) is 0 Å². The van der Waals surface area contributed by atoms with E-state index in [0.717, 1.165) is 23.8 Å². The van der Waals surface area contributed by atoms with Crippen LogP contribution in [0.4, 0.5) is 0 Å². The molecule has 1 aliphatic rings. The molecule has 1 fully saturated rings. The first-order valence-electron chi connectivity index (χ1n) is 6.99. The van der Waals surface area contributed by atoms with Gasteiger partial charge in [-0.05, 0) is 18.5 Å². The van der Waals surface area contributed by atoms with Crippen molar-refractivity contribution in [1.29, 1.82) is 0 Å². The third-order valence-corrected chi connectivity index (χ3v) is 4.50. The minimum absolute atomic E-state index is 0.550. The smallest absolute Gasteiger partial charge is 0.134 e. The van der Waals surface area contributed by atoms with Crippen molar-refractivity contribution in [2.45, 2.75) is 13.5 Å². The topological polar surface area (TPSA) is 41.7 Å². The highest BCUT2D eigenvalue weighted by Gasteiger charge is 2.16. The third kappa shape index (κ3) is 4.45. The molecule has 0 bridgehead atoms. The van der Waals surface area contributed by atoms with Crippen molar-refractivity contribution in [3.8, 4) is 5.75 Å². The zero-order valence-corrected chi connectivity index (χ0v) is 12.8. The number of thiophene rings is 1. The molecule has 4 nitrogen and oxygen atoms in total. The van der Waals surface area contributed by atoms with Gasteiger partial charge in [0.25, 0.3) is 0 Å². The fourth-order valence-corrected chi connectivity index (χ4v) is 3.06. The molecule has 0 amide bonds. The number of rotatable bonds is 6. The number of nitrogens with zero attached hydrogens (tertiary/aromatic N) is 2. The highest BCUT2D eigenvalue weighted by atomic mass is 32.1. The SMILES string of the molecule is CC(COc1ccsc1CN)CN1CCN(C)CC1. The normalized spacial score (nSPS) is 19.5. The van der Waals surface area contributed by atoms with Crippen LogP contribution >= 0.6 is 11.3 Å². The minimum atomic E-state index is 0.550. The van der Waals surface area contributed by atoms with Gasteiger partial charge in [-0.15, -0.1) is 11.3 Å². The van der Waals surface area contributed by atoms with E-state index in [1.54, 1.807) is 11.3 Å². The van der Waals surface area contributed by atoms with E-state index in [9.17, 15) is 0 Å². The quantitative estimate of drug-likeness (QED) is 0.858. The maximum Gasteiger partial charge on any atom is 0.134 e. The first-order chi connectivity index (χ1) is 9.19. The van der Waals surface area contributed by atoms with Crippen LogP contribution in [-0.4, -0.2) is 56.2 Å². The average molecular weight is 283 g/mol. The summed E-state index contributed by atoms with van der Waals surface area (Å²) in [5, 5.41) is 2.04. The number of hydrogen-bond acceptors (Lipinski definition) is 5. The third-order valence-electron chi connectivity index (χ3n) is 3.58. The van der Waals surface area contributed by atoms with Gasteiger partial charge in [0.15, 0.2) is 0 Å². The lowest BCUT2D eigenvalue weighted by Gasteiger charge is -2.33. The molecule has 1 atom stereocenters. The summed E-state index contributed by atoms with van der Waals surface area (Å²) in [5.74, 6) is 1.52. The van der Waals surface area contributed by atoms with Crippen LogP contribution in [0, 0.1) is 5.92 Å². The van der Waals surface area contributed by atoms with Gasteiger partial charge in [-0.1, -0.05) is 6.92 Å². The van der Waals surface area contributed by atoms with Crippen LogP contribution in [0.3, 0.4) is 0 Å². The molecule has 0 radical (unpaired) electrons. The van der Waals surface area contributed by atoms with Crippen LogP contribution in [0.2, 0.25) is 0 Å². The highest BCUT2D eigenvalue weighted by Crippen LogP contribution is 2.24. The molecule has 0 saturated carbocycles. The Morgan fingerprint density at radius 3 is 2.79 bits per heavy atom. The molecule has 2 N–H and O–H groups in total. The van der Waals surface area contributed by atoms with Crippen LogP contribution in [0.15, 0.2) is 11.4 Å². The maximum atomic E-state index is 5.89. The number of nitrogens with two attached hydrogens (primary N) is 1. The minimum Gasteiger partial charge on any atom is -0.492 e. The molecule has 1 saturated heterocycles. The summed E-state index contributed by atoms with van der Waals surface area (Å²) in [6, 6.07) is 2.02. The van der Waals surface area contributed by atoms with Crippen molar-refractivity contribution >= 4 is 11.3 Å². The summed E-state index contributed by atoms with van der Waals surface area (Å²) in [6.45, 7) is 9.42. The van der Waals surface area contributed by atoms with Gasteiger partial charge in [0.1, 0.15) is 5.75 Å². The van der Waals surface area contributed by atoms with Crippen LogP contribution in [0.5, 0.6) is 5.75 Å². The first kappa shape index (κ1) is 14.8. The molecule has 2 rings (SSSR count). The molecule has 1 aromatic rings. The van der Waals surface area contributed by atoms with Gasteiger partial charge in [-0.25, -0.2) is 0 Å². The monoisotopic (exact) mass is 283 g/mol. The second-order valence-electron chi connectivity index (χ2n) is 5.43. The van der Waals surface area contributed by atoms with E-state index in [1.165, 1.54) is 26.2 Å². The highest BCUT2D eigenvalue weighted by molar-refractivity contribution is 7.10. The van der Waals surface area contributed by atoms with E-state index in [4.69, 9.17) is 10.5 Å². The van der Waals surface area contributed by atoms with Gasteiger partial charge in [0, 0.05) is 45.2 Å². The fourth-order valence-electron chi connectivity index (χ4n) is 2.36. The Kier molecular flexibility index (Phi) is 5.63. The molecule has 0 aromatic carbocycles. The summed E-state index contributed by atoms with van der Waals surface area (Å²) in [6.07, 6.45) is 0. The predicted molar refractivity (Wildman–Crippen MR) is 80.8 cm³/mol. The van der Waals surface area contributed by atoms with E-state index < -0.39 is 0 Å². The van der Waals surface area contributed by atoms with Crippen LogP contribution in [-0.2, 0) is 6.54 Å². The summed E-state index contributed by atoms with van der Waals surface area (Å²) in [4.78, 5) is 6.06. The molecule has 2 heterocycles. The van der Waals surface area contributed by atoms with Crippen molar-refractivity contribution in [1.82, 2.24) is 9.80 Å². The Morgan fingerprint density at radius 1 is 1.37 bits per heavy atom. The predicted octanol–water partition coefficient (Wildman–Crippen LogP) is 1.47. The second kappa shape index (κ2) is 7.24.